The molecule has 3 N–H and O–H groups in total. The molecular formula is C7H7FN2O2. The van der Waals surface area contributed by atoms with Crippen LogP contribution < -0.4 is 5.73 Å². The van der Waals surface area contributed by atoms with Crippen molar-refractivity contribution in [2.24, 2.45) is 0 Å². The zero-order valence-electron chi connectivity index (χ0n) is 6.12. The molecule has 0 bridgehead atoms. The Hall–Kier alpha value is -1.65. The summed E-state index contributed by atoms with van der Waals surface area (Å²) < 4.78 is 12.9. The number of carboxylic acids is 1. The van der Waals surface area contributed by atoms with E-state index in [4.69, 9.17) is 10.8 Å². The van der Waals surface area contributed by atoms with E-state index >= 15 is 0 Å². The summed E-state index contributed by atoms with van der Waals surface area (Å²) in [5.74, 6) is -1.81. The summed E-state index contributed by atoms with van der Waals surface area (Å²) in [5.41, 5.74) is 5.04. The topological polar surface area (TPSA) is 76.2 Å². The van der Waals surface area contributed by atoms with Gasteiger partial charge in [0.15, 0.2) is 5.82 Å². The maximum Gasteiger partial charge on any atom is 0.307 e. The van der Waals surface area contributed by atoms with Crippen molar-refractivity contribution < 1.29 is 14.3 Å². The number of carbonyl (C=O) groups is 1. The molecule has 0 saturated heterocycles. The Bertz CT molecular complexity index is 314. The minimum absolute atomic E-state index is 0.00231. The maximum absolute atomic E-state index is 12.9. The second-order valence-corrected chi connectivity index (χ2v) is 2.27. The Labute approximate surface area is 67.8 Å². The molecule has 4 nitrogen and oxygen atoms in total. The predicted octanol–water partition coefficient (Wildman–Crippen LogP) is 0.430. The Morgan fingerprint density at radius 1 is 1.67 bits per heavy atom. The first-order chi connectivity index (χ1) is 5.61. The van der Waals surface area contributed by atoms with Crippen molar-refractivity contribution in [2.45, 2.75) is 6.42 Å². The van der Waals surface area contributed by atoms with Crippen LogP contribution in [0.2, 0.25) is 0 Å². The zero-order valence-corrected chi connectivity index (χ0v) is 6.12. The molecular weight excluding hydrogens is 163 g/mol. The number of halogens is 1. The van der Waals surface area contributed by atoms with E-state index in [0.717, 1.165) is 12.4 Å². The molecule has 5 heteroatoms. The van der Waals surface area contributed by atoms with E-state index in [2.05, 4.69) is 4.98 Å². The van der Waals surface area contributed by atoms with Gasteiger partial charge in [-0.25, -0.2) is 4.39 Å². The van der Waals surface area contributed by atoms with Gasteiger partial charge in [-0.05, 0) is 0 Å². The molecule has 0 spiro atoms. The van der Waals surface area contributed by atoms with Crippen LogP contribution in [0.4, 0.5) is 10.1 Å². The number of hydrogen-bond donors (Lipinski definition) is 2. The highest BCUT2D eigenvalue weighted by atomic mass is 19.1. The van der Waals surface area contributed by atoms with Gasteiger partial charge in [-0.2, -0.15) is 0 Å². The van der Waals surface area contributed by atoms with Crippen LogP contribution in [0.3, 0.4) is 0 Å². The van der Waals surface area contributed by atoms with Crippen molar-refractivity contribution >= 4 is 11.7 Å². The lowest BCUT2D eigenvalue weighted by Gasteiger charge is -2.00. The molecule has 64 valence electrons. The van der Waals surface area contributed by atoms with Crippen LogP contribution in [0, 0.1) is 5.82 Å². The highest BCUT2D eigenvalue weighted by Crippen LogP contribution is 2.12. The Morgan fingerprint density at radius 3 is 2.92 bits per heavy atom. The summed E-state index contributed by atoms with van der Waals surface area (Å²) in [6.07, 6.45) is 1.89. The van der Waals surface area contributed by atoms with Crippen molar-refractivity contribution in [3.05, 3.63) is 23.8 Å². The molecule has 0 aliphatic rings. The van der Waals surface area contributed by atoms with Crippen LogP contribution in [-0.4, -0.2) is 16.1 Å². The average Bonchev–Trinajstić information content (AvgIpc) is 1.98. The molecule has 0 aliphatic heterocycles. The van der Waals surface area contributed by atoms with Gasteiger partial charge in [-0.1, -0.05) is 0 Å². The summed E-state index contributed by atoms with van der Waals surface area (Å²) in [6.45, 7) is 0. The predicted molar refractivity (Wildman–Crippen MR) is 39.9 cm³/mol. The van der Waals surface area contributed by atoms with Gasteiger partial charge in [0.25, 0.3) is 0 Å². The monoisotopic (exact) mass is 170 g/mol. The molecule has 1 aromatic rings. The molecule has 0 atom stereocenters. The van der Waals surface area contributed by atoms with Gasteiger partial charge in [-0.15, -0.1) is 0 Å². The number of rotatable bonds is 2. The molecule has 12 heavy (non-hydrogen) atoms. The SMILES string of the molecule is Nc1cncc(CC(=O)O)c1F. The van der Waals surface area contributed by atoms with E-state index in [-0.39, 0.29) is 11.3 Å². The number of anilines is 1. The van der Waals surface area contributed by atoms with Crippen LogP contribution in [0.5, 0.6) is 0 Å². The molecule has 0 aromatic carbocycles. The zero-order chi connectivity index (χ0) is 9.14. The fraction of sp³-hybridized carbons (Fsp3) is 0.143. The Morgan fingerprint density at radius 2 is 2.33 bits per heavy atom. The minimum Gasteiger partial charge on any atom is -0.481 e. The first-order valence-electron chi connectivity index (χ1n) is 3.21. The Balaban J connectivity index is 3.00. The molecule has 0 fully saturated rings. The van der Waals surface area contributed by atoms with Crippen LogP contribution in [0.25, 0.3) is 0 Å². The fourth-order valence-electron chi connectivity index (χ4n) is 0.792. The summed E-state index contributed by atoms with van der Waals surface area (Å²) in [5, 5.41) is 8.35. The van der Waals surface area contributed by atoms with E-state index in [1.807, 2.05) is 0 Å². The first kappa shape index (κ1) is 8.45. The van der Waals surface area contributed by atoms with Crippen LogP contribution >= 0.6 is 0 Å². The van der Waals surface area contributed by atoms with Crippen molar-refractivity contribution in [3.8, 4) is 0 Å². The van der Waals surface area contributed by atoms with Gasteiger partial charge in [0.1, 0.15) is 0 Å². The minimum atomic E-state index is -1.11. The molecule has 1 heterocycles. The molecule has 1 rings (SSSR count). The quantitative estimate of drug-likeness (QED) is 0.674. The lowest BCUT2D eigenvalue weighted by molar-refractivity contribution is -0.136. The molecule has 0 radical (unpaired) electrons. The van der Waals surface area contributed by atoms with Crippen LogP contribution in [0.15, 0.2) is 12.4 Å². The second-order valence-electron chi connectivity index (χ2n) is 2.27. The maximum atomic E-state index is 12.9. The molecule has 1 aromatic heterocycles. The highest BCUT2D eigenvalue weighted by molar-refractivity contribution is 5.70. The fourth-order valence-corrected chi connectivity index (χ4v) is 0.792. The van der Waals surface area contributed by atoms with Crippen molar-refractivity contribution in [1.29, 1.82) is 0 Å². The lowest BCUT2D eigenvalue weighted by atomic mass is 10.2. The number of aliphatic carboxylic acids is 1. The highest BCUT2D eigenvalue weighted by Gasteiger charge is 2.09. The number of pyridine rings is 1. The molecule has 0 saturated carbocycles. The number of carboxylic acid groups (broad SMARTS) is 1. The number of nitrogen functional groups attached to an aromatic ring is 1. The summed E-state index contributed by atoms with van der Waals surface area (Å²) in [4.78, 5) is 13.8. The molecule has 0 aliphatic carbocycles. The van der Waals surface area contributed by atoms with Gasteiger partial charge in [0.05, 0.1) is 18.3 Å². The Kier molecular flexibility index (Phi) is 2.23. The molecule has 0 unspecified atom stereocenters. The third-order valence-corrected chi connectivity index (χ3v) is 1.32. The average molecular weight is 170 g/mol. The van der Waals surface area contributed by atoms with E-state index in [1.165, 1.54) is 0 Å². The van der Waals surface area contributed by atoms with E-state index < -0.39 is 18.2 Å². The van der Waals surface area contributed by atoms with E-state index in [0.29, 0.717) is 0 Å². The van der Waals surface area contributed by atoms with Crippen LogP contribution in [-0.2, 0) is 11.2 Å². The van der Waals surface area contributed by atoms with Gasteiger partial charge < -0.3 is 10.8 Å². The normalized spacial score (nSPS) is 9.75. The molecule has 0 amide bonds. The van der Waals surface area contributed by atoms with Gasteiger partial charge >= 0.3 is 5.97 Å². The number of nitrogens with two attached hydrogens (primary N) is 1. The first-order valence-corrected chi connectivity index (χ1v) is 3.21. The van der Waals surface area contributed by atoms with E-state index in [1.54, 1.807) is 0 Å². The summed E-state index contributed by atoms with van der Waals surface area (Å²) in [6, 6.07) is 0. The van der Waals surface area contributed by atoms with Gasteiger partial charge in [-0.3, -0.25) is 9.78 Å². The van der Waals surface area contributed by atoms with Gasteiger partial charge in [0, 0.05) is 11.8 Å². The van der Waals surface area contributed by atoms with Crippen molar-refractivity contribution in [2.75, 3.05) is 5.73 Å². The third kappa shape index (κ3) is 1.69. The third-order valence-electron chi connectivity index (χ3n) is 1.32. The van der Waals surface area contributed by atoms with Crippen LogP contribution in [0.1, 0.15) is 5.56 Å². The van der Waals surface area contributed by atoms with Crippen molar-refractivity contribution in [3.63, 3.8) is 0 Å². The summed E-state index contributed by atoms with van der Waals surface area (Å²) in [7, 11) is 0. The standard InChI is InChI=1S/C7H7FN2O2/c8-7-4(1-6(11)12)2-10-3-5(7)9/h2-3H,1,9H2,(H,11,12). The lowest BCUT2D eigenvalue weighted by Crippen LogP contribution is -2.05. The number of hydrogen-bond acceptors (Lipinski definition) is 3. The van der Waals surface area contributed by atoms with Gasteiger partial charge in [0.2, 0.25) is 0 Å². The second kappa shape index (κ2) is 3.17. The smallest absolute Gasteiger partial charge is 0.307 e. The summed E-state index contributed by atoms with van der Waals surface area (Å²) >= 11 is 0. The largest absolute Gasteiger partial charge is 0.481 e. The van der Waals surface area contributed by atoms with Crippen molar-refractivity contribution in [1.82, 2.24) is 4.98 Å². The number of aromatic nitrogens is 1. The van der Waals surface area contributed by atoms with E-state index in [9.17, 15) is 9.18 Å². The number of nitrogens with zero attached hydrogens (tertiary/aromatic N) is 1.